The molecule has 0 radical (unpaired) electrons. The molecule has 2 heterocycles. The van der Waals surface area contributed by atoms with Gasteiger partial charge in [0.25, 0.3) is 0 Å². The Morgan fingerprint density at radius 1 is 1.00 bits per heavy atom. The number of aromatic nitrogens is 1. The van der Waals surface area contributed by atoms with E-state index < -0.39 is 6.03 Å². The van der Waals surface area contributed by atoms with Crippen molar-refractivity contribution in [2.45, 2.75) is 6.92 Å². The van der Waals surface area contributed by atoms with Crippen molar-refractivity contribution in [2.24, 2.45) is 0 Å². The fourth-order valence-corrected chi connectivity index (χ4v) is 4.25. The number of aliphatic hydroxyl groups is 1. The Kier molecular flexibility index (Phi) is 9.29. The van der Waals surface area contributed by atoms with Gasteiger partial charge in [0.2, 0.25) is 0 Å². The molecule has 12 heteroatoms. The van der Waals surface area contributed by atoms with Crippen molar-refractivity contribution in [3.63, 3.8) is 0 Å². The molecular weight excluding hydrogens is 524 g/mol. The van der Waals surface area contributed by atoms with Gasteiger partial charge < -0.3 is 40.3 Å². The molecule has 1 saturated heterocycles. The molecule has 11 nitrogen and oxygen atoms in total. The summed E-state index contributed by atoms with van der Waals surface area (Å²) in [5.41, 5.74) is 2.60. The molecule has 0 saturated carbocycles. The van der Waals surface area contributed by atoms with Crippen LogP contribution in [-0.2, 0) is 0 Å². The zero-order valence-electron chi connectivity index (χ0n) is 21.7. The standard InChI is InChI=1S/C27H31ClN6O5/c1-18-3-7-24(38-2)23(15-18)31-26(36)30-19-4-8-25(29-17-19)33-9-11-34(12-10-33)27(37)32-22-6-5-20(16-21(22)28)39-14-13-35/h3-8,15-17,35H,9-14H2,1-2H3,(H,32,37)(H2,30,31,36). The fourth-order valence-electron chi connectivity index (χ4n) is 4.03. The molecular formula is C27H31ClN6O5. The lowest BCUT2D eigenvalue weighted by molar-refractivity contribution is 0.201. The second kappa shape index (κ2) is 13.0. The highest BCUT2D eigenvalue weighted by molar-refractivity contribution is 6.33. The summed E-state index contributed by atoms with van der Waals surface area (Å²) in [5.74, 6) is 1.84. The third-order valence-electron chi connectivity index (χ3n) is 6.04. The molecule has 1 fully saturated rings. The van der Waals surface area contributed by atoms with E-state index in [4.69, 9.17) is 26.2 Å². The lowest BCUT2D eigenvalue weighted by Crippen LogP contribution is -2.50. The lowest BCUT2D eigenvalue weighted by atomic mass is 10.2. The van der Waals surface area contributed by atoms with Gasteiger partial charge >= 0.3 is 12.1 Å². The van der Waals surface area contributed by atoms with Gasteiger partial charge in [-0.2, -0.15) is 0 Å². The van der Waals surface area contributed by atoms with Crippen LogP contribution in [0.1, 0.15) is 5.56 Å². The van der Waals surface area contributed by atoms with Gasteiger partial charge in [-0.05, 0) is 48.9 Å². The monoisotopic (exact) mass is 554 g/mol. The van der Waals surface area contributed by atoms with E-state index in [0.29, 0.717) is 59.8 Å². The highest BCUT2D eigenvalue weighted by Crippen LogP contribution is 2.28. The Bertz CT molecular complexity index is 1300. The maximum atomic E-state index is 12.8. The van der Waals surface area contributed by atoms with Crippen LogP contribution in [0.25, 0.3) is 0 Å². The van der Waals surface area contributed by atoms with Crippen molar-refractivity contribution >= 4 is 46.5 Å². The molecule has 1 aliphatic rings. The van der Waals surface area contributed by atoms with Crippen molar-refractivity contribution in [1.82, 2.24) is 9.88 Å². The van der Waals surface area contributed by atoms with E-state index in [9.17, 15) is 9.59 Å². The molecule has 0 aliphatic carbocycles. The Morgan fingerprint density at radius 2 is 1.79 bits per heavy atom. The van der Waals surface area contributed by atoms with Crippen LogP contribution < -0.4 is 30.3 Å². The third-order valence-corrected chi connectivity index (χ3v) is 6.35. The van der Waals surface area contributed by atoms with E-state index in [0.717, 1.165) is 11.4 Å². The van der Waals surface area contributed by atoms with Gasteiger partial charge in [-0.25, -0.2) is 14.6 Å². The van der Waals surface area contributed by atoms with Gasteiger partial charge in [-0.1, -0.05) is 17.7 Å². The number of urea groups is 2. The van der Waals surface area contributed by atoms with Crippen molar-refractivity contribution < 1.29 is 24.2 Å². The molecule has 0 unspecified atom stereocenters. The number of pyridine rings is 1. The first-order valence-corrected chi connectivity index (χ1v) is 12.8. The summed E-state index contributed by atoms with van der Waals surface area (Å²) >= 11 is 6.27. The van der Waals surface area contributed by atoms with E-state index in [1.807, 2.05) is 25.1 Å². The molecule has 2 aromatic carbocycles. The SMILES string of the molecule is COc1ccc(C)cc1NC(=O)Nc1ccc(N2CCN(C(=O)Nc3ccc(OCCO)cc3Cl)CC2)nc1. The fraction of sp³-hybridized carbons (Fsp3) is 0.296. The molecule has 0 spiro atoms. The van der Waals surface area contributed by atoms with Crippen LogP contribution in [0.5, 0.6) is 11.5 Å². The molecule has 3 aromatic rings. The predicted octanol–water partition coefficient (Wildman–Crippen LogP) is 4.42. The quantitative estimate of drug-likeness (QED) is 0.324. The van der Waals surface area contributed by atoms with Crippen LogP contribution in [0.2, 0.25) is 5.02 Å². The average Bonchev–Trinajstić information content (AvgIpc) is 2.94. The highest BCUT2D eigenvalue weighted by Gasteiger charge is 2.22. The smallest absolute Gasteiger partial charge is 0.323 e. The van der Waals surface area contributed by atoms with E-state index in [2.05, 4.69) is 25.8 Å². The minimum Gasteiger partial charge on any atom is -0.495 e. The molecule has 1 aromatic heterocycles. The summed E-state index contributed by atoms with van der Waals surface area (Å²) in [6, 6.07) is 13.4. The number of aliphatic hydroxyl groups excluding tert-OH is 1. The Hall–Kier alpha value is -4.22. The number of amides is 4. The van der Waals surface area contributed by atoms with Gasteiger partial charge in [-0.3, -0.25) is 0 Å². The number of anilines is 4. The second-order valence-electron chi connectivity index (χ2n) is 8.81. The Morgan fingerprint density at radius 3 is 2.46 bits per heavy atom. The van der Waals surface area contributed by atoms with Gasteiger partial charge in [-0.15, -0.1) is 0 Å². The van der Waals surface area contributed by atoms with Crippen LogP contribution in [0.3, 0.4) is 0 Å². The predicted molar refractivity (Wildman–Crippen MR) is 151 cm³/mol. The summed E-state index contributed by atoms with van der Waals surface area (Å²) in [6.07, 6.45) is 1.59. The van der Waals surface area contributed by atoms with Crippen LogP contribution in [0, 0.1) is 6.92 Å². The summed E-state index contributed by atoms with van der Waals surface area (Å²) < 4.78 is 10.6. The summed E-state index contributed by atoms with van der Waals surface area (Å²) in [5, 5.41) is 17.6. The molecule has 0 bridgehead atoms. The van der Waals surface area contributed by atoms with Crippen LogP contribution in [0.15, 0.2) is 54.7 Å². The van der Waals surface area contributed by atoms with Gasteiger partial charge in [0.05, 0.1) is 42.0 Å². The number of ether oxygens (including phenoxy) is 2. The second-order valence-corrected chi connectivity index (χ2v) is 9.21. The summed E-state index contributed by atoms with van der Waals surface area (Å²) in [4.78, 5) is 33.5. The van der Waals surface area contributed by atoms with Crippen molar-refractivity contribution in [2.75, 3.05) is 67.4 Å². The molecule has 1 aliphatic heterocycles. The number of aryl methyl sites for hydroxylation is 1. The first-order chi connectivity index (χ1) is 18.9. The van der Waals surface area contributed by atoms with Gasteiger partial charge in [0.15, 0.2) is 0 Å². The maximum absolute atomic E-state index is 12.8. The first-order valence-electron chi connectivity index (χ1n) is 12.4. The molecule has 206 valence electrons. The Labute approximate surface area is 231 Å². The Balaban J connectivity index is 1.26. The van der Waals surface area contributed by atoms with E-state index in [-0.39, 0.29) is 19.2 Å². The lowest BCUT2D eigenvalue weighted by Gasteiger charge is -2.35. The zero-order valence-corrected chi connectivity index (χ0v) is 22.5. The van der Waals surface area contributed by atoms with Crippen molar-refractivity contribution in [3.05, 3.63) is 65.3 Å². The van der Waals surface area contributed by atoms with Gasteiger partial charge in [0.1, 0.15) is 23.9 Å². The molecule has 4 N–H and O–H groups in total. The zero-order chi connectivity index (χ0) is 27.8. The number of rotatable bonds is 8. The third kappa shape index (κ3) is 7.43. The van der Waals surface area contributed by atoms with Crippen LogP contribution in [0.4, 0.5) is 32.5 Å². The normalized spacial score (nSPS) is 13.0. The first kappa shape index (κ1) is 27.8. The minimum absolute atomic E-state index is 0.0969. The highest BCUT2D eigenvalue weighted by atomic mass is 35.5. The largest absolute Gasteiger partial charge is 0.495 e. The van der Waals surface area contributed by atoms with E-state index in [1.165, 1.54) is 0 Å². The molecule has 39 heavy (non-hydrogen) atoms. The topological polar surface area (TPSA) is 128 Å². The summed E-state index contributed by atoms with van der Waals surface area (Å²) in [7, 11) is 1.55. The number of nitrogens with zero attached hydrogens (tertiary/aromatic N) is 3. The van der Waals surface area contributed by atoms with Crippen LogP contribution in [-0.4, -0.2) is 73.6 Å². The number of nitrogens with one attached hydrogen (secondary N) is 3. The van der Waals surface area contributed by atoms with Crippen molar-refractivity contribution in [1.29, 1.82) is 0 Å². The number of methoxy groups -OCH3 is 1. The number of hydrogen-bond acceptors (Lipinski definition) is 7. The number of halogens is 1. The number of carbonyl (C=O) groups excluding carboxylic acids is 2. The molecule has 4 amide bonds. The minimum atomic E-state index is -0.402. The van der Waals surface area contributed by atoms with Gasteiger partial charge in [0, 0.05) is 32.2 Å². The number of hydrogen-bond donors (Lipinski definition) is 4. The van der Waals surface area contributed by atoms with Crippen LogP contribution >= 0.6 is 11.6 Å². The number of piperazine rings is 1. The van der Waals surface area contributed by atoms with E-state index in [1.54, 1.807) is 48.5 Å². The van der Waals surface area contributed by atoms with E-state index >= 15 is 0 Å². The number of benzene rings is 2. The molecule has 0 atom stereocenters. The number of carbonyl (C=O) groups is 2. The molecule has 4 rings (SSSR count). The maximum Gasteiger partial charge on any atom is 0.323 e. The average molecular weight is 555 g/mol. The van der Waals surface area contributed by atoms with Crippen molar-refractivity contribution in [3.8, 4) is 11.5 Å². The summed E-state index contributed by atoms with van der Waals surface area (Å²) in [6.45, 7) is 4.21.